The first-order chi connectivity index (χ1) is 19.3. The third kappa shape index (κ3) is 6.97. The normalized spacial score (nSPS) is 14.5. The number of nitro benzene ring substituents is 1. The summed E-state index contributed by atoms with van der Waals surface area (Å²) in [4.78, 5) is 42.3. The Balaban J connectivity index is 1.59. The molecule has 1 aromatic heterocycles. The number of rotatable bonds is 11. The molecule has 3 aromatic rings. The second-order valence-electron chi connectivity index (χ2n) is 10.9. The molecule has 0 N–H and O–H groups in total. The maximum absolute atomic E-state index is 14.0. The SMILES string of the molecule is CCC(C)N(CC(=O)N(Cc1cccn1Cc1ccccc1)C1CCCCC1)C(=O)c1ccc(C)c([N+](=O)[O-])c1. The quantitative estimate of drug-likeness (QED) is 0.208. The number of aromatic nitrogens is 1. The Bertz CT molecular complexity index is 1310. The van der Waals surface area contributed by atoms with Crippen LogP contribution in [0.5, 0.6) is 0 Å². The van der Waals surface area contributed by atoms with Crippen molar-refractivity contribution in [3.05, 3.63) is 99.4 Å². The van der Waals surface area contributed by atoms with E-state index < -0.39 is 4.92 Å². The minimum Gasteiger partial charge on any atom is -0.345 e. The number of benzene rings is 2. The largest absolute Gasteiger partial charge is 0.345 e. The first kappa shape index (κ1) is 29.1. The Morgan fingerprint density at radius 2 is 1.77 bits per heavy atom. The van der Waals surface area contributed by atoms with Crippen molar-refractivity contribution in [2.45, 2.75) is 84.5 Å². The van der Waals surface area contributed by atoms with Gasteiger partial charge in [-0.25, -0.2) is 0 Å². The summed E-state index contributed by atoms with van der Waals surface area (Å²) in [6, 6.07) is 18.8. The lowest BCUT2D eigenvalue weighted by Gasteiger charge is -2.37. The highest BCUT2D eigenvalue weighted by atomic mass is 16.6. The lowest BCUT2D eigenvalue weighted by Crippen LogP contribution is -2.49. The van der Waals surface area contributed by atoms with Crippen LogP contribution in [0.2, 0.25) is 0 Å². The Morgan fingerprint density at radius 3 is 2.45 bits per heavy atom. The molecule has 0 aliphatic heterocycles. The molecule has 0 spiro atoms. The van der Waals surface area contributed by atoms with Crippen molar-refractivity contribution in [1.29, 1.82) is 0 Å². The molecular weight excluding hydrogens is 504 g/mol. The molecule has 8 nitrogen and oxygen atoms in total. The molecule has 1 unspecified atom stereocenters. The number of carbonyl (C=O) groups is 2. The van der Waals surface area contributed by atoms with Crippen LogP contribution in [0.1, 0.15) is 79.6 Å². The van der Waals surface area contributed by atoms with Gasteiger partial charge in [-0.3, -0.25) is 19.7 Å². The second-order valence-corrected chi connectivity index (χ2v) is 10.9. The van der Waals surface area contributed by atoms with Gasteiger partial charge < -0.3 is 14.4 Å². The van der Waals surface area contributed by atoms with E-state index in [2.05, 4.69) is 22.8 Å². The number of nitrogens with zero attached hydrogens (tertiary/aromatic N) is 4. The van der Waals surface area contributed by atoms with E-state index in [0.717, 1.165) is 37.9 Å². The van der Waals surface area contributed by atoms with E-state index in [0.29, 0.717) is 18.5 Å². The van der Waals surface area contributed by atoms with Crippen LogP contribution in [0, 0.1) is 17.0 Å². The molecule has 1 fully saturated rings. The molecule has 0 saturated heterocycles. The topological polar surface area (TPSA) is 88.7 Å². The number of aryl methyl sites for hydroxylation is 1. The van der Waals surface area contributed by atoms with Gasteiger partial charge >= 0.3 is 0 Å². The lowest BCUT2D eigenvalue weighted by molar-refractivity contribution is -0.385. The van der Waals surface area contributed by atoms with E-state index in [-0.39, 0.29) is 41.7 Å². The average Bonchev–Trinajstić information content (AvgIpc) is 3.41. The summed E-state index contributed by atoms with van der Waals surface area (Å²) in [5, 5.41) is 11.5. The van der Waals surface area contributed by atoms with Crippen LogP contribution in [0.4, 0.5) is 5.69 Å². The van der Waals surface area contributed by atoms with Crippen molar-refractivity contribution in [3.63, 3.8) is 0 Å². The van der Waals surface area contributed by atoms with E-state index >= 15 is 0 Å². The van der Waals surface area contributed by atoms with Gasteiger partial charge in [0.2, 0.25) is 5.91 Å². The van der Waals surface area contributed by atoms with Crippen LogP contribution in [-0.4, -0.2) is 49.7 Å². The molecule has 1 saturated carbocycles. The summed E-state index contributed by atoms with van der Waals surface area (Å²) < 4.78 is 2.18. The third-order valence-electron chi connectivity index (χ3n) is 8.13. The zero-order chi connectivity index (χ0) is 28.6. The van der Waals surface area contributed by atoms with Crippen LogP contribution in [0.15, 0.2) is 66.9 Å². The fourth-order valence-corrected chi connectivity index (χ4v) is 5.51. The van der Waals surface area contributed by atoms with Crippen LogP contribution in [0.25, 0.3) is 0 Å². The molecular formula is C32H40N4O4. The minimum absolute atomic E-state index is 0.0641. The molecule has 4 rings (SSSR count). The van der Waals surface area contributed by atoms with Crippen molar-refractivity contribution in [3.8, 4) is 0 Å². The summed E-state index contributed by atoms with van der Waals surface area (Å²) in [5.41, 5.74) is 2.87. The van der Waals surface area contributed by atoms with E-state index in [9.17, 15) is 19.7 Å². The number of carbonyl (C=O) groups excluding carboxylic acids is 2. The van der Waals surface area contributed by atoms with Crippen molar-refractivity contribution in [1.82, 2.24) is 14.4 Å². The smallest absolute Gasteiger partial charge is 0.273 e. The molecule has 8 heteroatoms. The van der Waals surface area contributed by atoms with Gasteiger partial charge in [-0.05, 0) is 56.9 Å². The zero-order valence-corrected chi connectivity index (χ0v) is 23.8. The van der Waals surface area contributed by atoms with Crippen molar-refractivity contribution in [2.24, 2.45) is 0 Å². The molecule has 1 atom stereocenters. The molecule has 1 aliphatic carbocycles. The Morgan fingerprint density at radius 1 is 1.05 bits per heavy atom. The van der Waals surface area contributed by atoms with Crippen LogP contribution in [0.3, 0.4) is 0 Å². The fourth-order valence-electron chi connectivity index (χ4n) is 5.51. The lowest BCUT2D eigenvalue weighted by atomic mass is 9.94. The van der Waals surface area contributed by atoms with Crippen molar-refractivity contribution in [2.75, 3.05) is 6.54 Å². The molecule has 2 aromatic carbocycles. The highest BCUT2D eigenvalue weighted by Gasteiger charge is 2.31. The second kappa shape index (κ2) is 13.4. The molecule has 40 heavy (non-hydrogen) atoms. The molecule has 2 amide bonds. The van der Waals surface area contributed by atoms with Crippen LogP contribution in [-0.2, 0) is 17.9 Å². The molecule has 212 valence electrons. The standard InChI is InChI=1S/C32H40N4O4/c1-4-25(3)34(32(38)27-18-17-24(2)30(20-27)36(39)40)23-31(37)35(28-14-9-6-10-15-28)22-29-16-11-19-33(29)21-26-12-7-5-8-13-26/h5,7-8,11-13,16-20,25,28H,4,6,9-10,14-15,21-23H2,1-3H3. The summed E-state index contributed by atoms with van der Waals surface area (Å²) in [6.07, 6.45) is 7.95. The predicted octanol–water partition coefficient (Wildman–Crippen LogP) is 6.36. The van der Waals surface area contributed by atoms with E-state index in [1.807, 2.05) is 49.2 Å². The predicted molar refractivity (Wildman–Crippen MR) is 156 cm³/mol. The van der Waals surface area contributed by atoms with Gasteiger partial charge in [0, 0.05) is 47.7 Å². The summed E-state index contributed by atoms with van der Waals surface area (Å²) in [6.45, 7) is 6.68. The van der Waals surface area contributed by atoms with Gasteiger partial charge in [0.15, 0.2) is 0 Å². The highest BCUT2D eigenvalue weighted by Crippen LogP contribution is 2.26. The zero-order valence-electron chi connectivity index (χ0n) is 23.8. The molecule has 0 bridgehead atoms. The minimum atomic E-state index is -0.472. The Hall–Kier alpha value is -3.94. The van der Waals surface area contributed by atoms with Gasteiger partial charge in [0.1, 0.15) is 6.54 Å². The number of hydrogen-bond acceptors (Lipinski definition) is 4. The van der Waals surface area contributed by atoms with Crippen LogP contribution < -0.4 is 0 Å². The number of hydrogen-bond donors (Lipinski definition) is 0. The summed E-state index contributed by atoms with van der Waals surface area (Å²) in [5.74, 6) is -0.448. The van der Waals surface area contributed by atoms with Crippen LogP contribution >= 0.6 is 0 Å². The maximum Gasteiger partial charge on any atom is 0.273 e. The first-order valence-corrected chi connectivity index (χ1v) is 14.3. The van der Waals surface area contributed by atoms with E-state index in [4.69, 9.17) is 0 Å². The number of nitro groups is 1. The monoisotopic (exact) mass is 544 g/mol. The first-order valence-electron chi connectivity index (χ1n) is 14.3. The van der Waals surface area contributed by atoms with E-state index in [1.54, 1.807) is 24.0 Å². The van der Waals surface area contributed by atoms with Crippen molar-refractivity contribution < 1.29 is 14.5 Å². The highest BCUT2D eigenvalue weighted by molar-refractivity contribution is 5.97. The Kier molecular flexibility index (Phi) is 9.74. The molecule has 1 aliphatic rings. The Labute approximate surface area is 236 Å². The third-order valence-corrected chi connectivity index (χ3v) is 8.13. The maximum atomic E-state index is 14.0. The molecule has 0 radical (unpaired) electrons. The van der Waals surface area contributed by atoms with Gasteiger partial charge in [-0.2, -0.15) is 0 Å². The van der Waals surface area contributed by atoms with Crippen molar-refractivity contribution >= 4 is 17.5 Å². The summed E-state index contributed by atoms with van der Waals surface area (Å²) in [7, 11) is 0. The van der Waals surface area contributed by atoms with Gasteiger partial charge in [0.05, 0.1) is 11.5 Å². The molecule has 1 heterocycles. The van der Waals surface area contributed by atoms with Gasteiger partial charge in [-0.15, -0.1) is 0 Å². The number of amides is 2. The average molecular weight is 545 g/mol. The van der Waals surface area contributed by atoms with Gasteiger partial charge in [0.25, 0.3) is 11.6 Å². The van der Waals surface area contributed by atoms with Gasteiger partial charge in [-0.1, -0.05) is 62.6 Å². The fraction of sp³-hybridized carbons (Fsp3) is 0.438. The van der Waals surface area contributed by atoms with E-state index in [1.165, 1.54) is 18.1 Å². The summed E-state index contributed by atoms with van der Waals surface area (Å²) >= 11 is 0.